The fourth-order valence-corrected chi connectivity index (χ4v) is 2.48. The Labute approximate surface area is 137 Å². The minimum absolute atomic E-state index is 0.600. The molecule has 0 rings (SSSR count). The molecule has 0 saturated heterocycles. The number of nitrogens with one attached hydrogen (secondary N) is 2. The summed E-state index contributed by atoms with van der Waals surface area (Å²) in [6, 6.07) is 1.20. The number of hydrogen-bond donors (Lipinski definition) is 2. The van der Waals surface area contributed by atoms with Crippen LogP contribution in [0.2, 0.25) is 0 Å². The average molecular weight is 315 g/mol. The van der Waals surface area contributed by atoms with Gasteiger partial charge in [0.05, 0.1) is 0 Å². The molecule has 0 bridgehead atoms. The molecule has 2 N–H and O–H groups in total. The lowest BCUT2D eigenvalue weighted by atomic mass is 10.2. The highest BCUT2D eigenvalue weighted by molar-refractivity contribution is 5.79. The Balaban J connectivity index is 3.74. The molecular weight excluding hydrogens is 276 g/mol. The van der Waals surface area contributed by atoms with Crippen molar-refractivity contribution in [3.05, 3.63) is 0 Å². The third-order valence-electron chi connectivity index (χ3n) is 3.65. The lowest BCUT2D eigenvalue weighted by Gasteiger charge is -2.30. The van der Waals surface area contributed by atoms with Crippen molar-refractivity contribution in [3.8, 4) is 0 Å². The standard InChI is InChI=1S/C17H38N4O/c1-7-22-14-9-8-11-19-17(18-6)20-12-10-13-21(15(2)3)16(4)5/h15-16H,7-14H2,1-6H3,(H2,18,19,20). The largest absolute Gasteiger partial charge is 0.382 e. The zero-order valence-electron chi connectivity index (χ0n) is 15.6. The van der Waals surface area contributed by atoms with Gasteiger partial charge in [0.15, 0.2) is 5.96 Å². The van der Waals surface area contributed by atoms with Gasteiger partial charge in [-0.05, 0) is 53.9 Å². The Hall–Kier alpha value is -0.810. The predicted octanol–water partition coefficient (Wildman–Crippen LogP) is 2.48. The zero-order chi connectivity index (χ0) is 16.8. The molecule has 0 aliphatic carbocycles. The third kappa shape index (κ3) is 10.9. The van der Waals surface area contributed by atoms with Gasteiger partial charge < -0.3 is 15.4 Å². The molecule has 0 aliphatic rings. The number of rotatable bonds is 12. The van der Waals surface area contributed by atoms with Crippen LogP contribution in [-0.4, -0.2) is 62.8 Å². The second-order valence-corrected chi connectivity index (χ2v) is 6.11. The molecule has 0 spiro atoms. The first-order valence-corrected chi connectivity index (χ1v) is 8.80. The highest BCUT2D eigenvalue weighted by atomic mass is 16.5. The van der Waals surface area contributed by atoms with Crippen molar-refractivity contribution >= 4 is 5.96 Å². The van der Waals surface area contributed by atoms with E-state index in [4.69, 9.17) is 4.74 Å². The number of unbranched alkanes of at least 4 members (excludes halogenated alkanes) is 1. The van der Waals surface area contributed by atoms with Gasteiger partial charge in [-0.3, -0.25) is 9.89 Å². The van der Waals surface area contributed by atoms with Crippen molar-refractivity contribution in [2.75, 3.05) is 39.9 Å². The number of guanidine groups is 1. The van der Waals surface area contributed by atoms with E-state index in [9.17, 15) is 0 Å². The molecule has 0 aromatic heterocycles. The Morgan fingerprint density at radius 3 is 2.09 bits per heavy atom. The van der Waals surface area contributed by atoms with Crippen LogP contribution < -0.4 is 10.6 Å². The first kappa shape index (κ1) is 21.2. The highest BCUT2D eigenvalue weighted by Crippen LogP contribution is 2.05. The fraction of sp³-hybridized carbons (Fsp3) is 0.941. The predicted molar refractivity (Wildman–Crippen MR) is 96.7 cm³/mol. The van der Waals surface area contributed by atoms with Crippen molar-refractivity contribution in [2.45, 2.75) is 66.0 Å². The van der Waals surface area contributed by atoms with E-state index in [0.717, 1.165) is 58.1 Å². The summed E-state index contributed by atoms with van der Waals surface area (Å²) in [5.74, 6) is 0.900. The van der Waals surface area contributed by atoms with Crippen molar-refractivity contribution in [1.82, 2.24) is 15.5 Å². The van der Waals surface area contributed by atoms with Crippen LogP contribution >= 0.6 is 0 Å². The number of hydrogen-bond acceptors (Lipinski definition) is 3. The highest BCUT2D eigenvalue weighted by Gasteiger charge is 2.12. The molecule has 0 saturated carbocycles. The van der Waals surface area contributed by atoms with Gasteiger partial charge in [0.2, 0.25) is 0 Å². The molecule has 0 fully saturated rings. The summed E-state index contributed by atoms with van der Waals surface area (Å²) < 4.78 is 5.33. The zero-order valence-corrected chi connectivity index (χ0v) is 15.6. The maximum atomic E-state index is 5.33. The molecule has 0 unspecified atom stereocenters. The average Bonchev–Trinajstić information content (AvgIpc) is 2.47. The van der Waals surface area contributed by atoms with Crippen LogP contribution in [0.25, 0.3) is 0 Å². The smallest absolute Gasteiger partial charge is 0.190 e. The monoisotopic (exact) mass is 314 g/mol. The molecule has 132 valence electrons. The van der Waals surface area contributed by atoms with E-state index in [0.29, 0.717) is 12.1 Å². The quantitative estimate of drug-likeness (QED) is 0.330. The van der Waals surface area contributed by atoms with E-state index in [2.05, 4.69) is 48.2 Å². The Morgan fingerprint density at radius 2 is 1.59 bits per heavy atom. The van der Waals surface area contributed by atoms with Gasteiger partial charge in [-0.25, -0.2) is 0 Å². The maximum absolute atomic E-state index is 5.33. The topological polar surface area (TPSA) is 48.9 Å². The Kier molecular flexibility index (Phi) is 13.3. The van der Waals surface area contributed by atoms with E-state index < -0.39 is 0 Å². The minimum atomic E-state index is 0.600. The number of nitrogens with zero attached hydrogens (tertiary/aromatic N) is 2. The summed E-state index contributed by atoms with van der Waals surface area (Å²) in [5.41, 5.74) is 0. The minimum Gasteiger partial charge on any atom is -0.382 e. The summed E-state index contributed by atoms with van der Waals surface area (Å²) in [6.07, 6.45) is 3.33. The second kappa shape index (κ2) is 13.8. The van der Waals surface area contributed by atoms with Gasteiger partial charge >= 0.3 is 0 Å². The van der Waals surface area contributed by atoms with Crippen LogP contribution in [0.1, 0.15) is 53.9 Å². The Bertz CT molecular complexity index is 272. The first-order valence-electron chi connectivity index (χ1n) is 8.80. The van der Waals surface area contributed by atoms with Crippen LogP contribution in [-0.2, 0) is 4.74 Å². The van der Waals surface area contributed by atoms with Gasteiger partial charge in [-0.2, -0.15) is 0 Å². The molecule has 0 atom stereocenters. The van der Waals surface area contributed by atoms with E-state index in [1.807, 2.05) is 14.0 Å². The summed E-state index contributed by atoms with van der Waals surface area (Å²) >= 11 is 0. The van der Waals surface area contributed by atoms with Crippen molar-refractivity contribution in [1.29, 1.82) is 0 Å². The molecule has 0 aromatic rings. The van der Waals surface area contributed by atoms with Crippen LogP contribution in [0.4, 0.5) is 0 Å². The molecule has 22 heavy (non-hydrogen) atoms. The van der Waals surface area contributed by atoms with Gasteiger partial charge in [0.25, 0.3) is 0 Å². The molecule has 0 amide bonds. The number of ether oxygens (including phenoxy) is 1. The Morgan fingerprint density at radius 1 is 1.00 bits per heavy atom. The van der Waals surface area contributed by atoms with Gasteiger partial charge in [0.1, 0.15) is 0 Å². The fourth-order valence-electron chi connectivity index (χ4n) is 2.48. The molecule has 0 aliphatic heterocycles. The number of aliphatic imine (C=N–C) groups is 1. The molecule has 0 radical (unpaired) electrons. The van der Waals surface area contributed by atoms with Crippen molar-refractivity contribution in [3.63, 3.8) is 0 Å². The van der Waals surface area contributed by atoms with Gasteiger partial charge in [0, 0.05) is 52.0 Å². The van der Waals surface area contributed by atoms with E-state index >= 15 is 0 Å². The van der Waals surface area contributed by atoms with E-state index in [1.165, 1.54) is 0 Å². The molecular formula is C17H38N4O. The molecule has 0 heterocycles. The van der Waals surface area contributed by atoms with Gasteiger partial charge in [-0.15, -0.1) is 0 Å². The van der Waals surface area contributed by atoms with E-state index in [-0.39, 0.29) is 0 Å². The van der Waals surface area contributed by atoms with Crippen LogP contribution in [0.3, 0.4) is 0 Å². The molecule has 5 nitrogen and oxygen atoms in total. The lowest BCUT2D eigenvalue weighted by Crippen LogP contribution is -2.41. The SMILES string of the molecule is CCOCCCCNC(=NC)NCCCN(C(C)C)C(C)C. The summed E-state index contributed by atoms with van der Waals surface area (Å²) in [6.45, 7) is 15.7. The third-order valence-corrected chi connectivity index (χ3v) is 3.65. The second-order valence-electron chi connectivity index (χ2n) is 6.11. The van der Waals surface area contributed by atoms with Crippen molar-refractivity contribution < 1.29 is 4.74 Å². The van der Waals surface area contributed by atoms with E-state index in [1.54, 1.807) is 0 Å². The van der Waals surface area contributed by atoms with Crippen LogP contribution in [0.5, 0.6) is 0 Å². The summed E-state index contributed by atoms with van der Waals surface area (Å²) in [7, 11) is 1.82. The maximum Gasteiger partial charge on any atom is 0.190 e. The molecule has 0 aromatic carbocycles. The molecule has 5 heteroatoms. The summed E-state index contributed by atoms with van der Waals surface area (Å²) in [5, 5.41) is 6.74. The summed E-state index contributed by atoms with van der Waals surface area (Å²) in [4.78, 5) is 6.78. The van der Waals surface area contributed by atoms with Gasteiger partial charge in [-0.1, -0.05) is 0 Å². The van der Waals surface area contributed by atoms with Crippen LogP contribution in [0.15, 0.2) is 4.99 Å². The lowest BCUT2D eigenvalue weighted by molar-refractivity contribution is 0.143. The van der Waals surface area contributed by atoms with Crippen molar-refractivity contribution in [2.24, 2.45) is 4.99 Å². The normalized spacial score (nSPS) is 12.5. The first-order chi connectivity index (χ1) is 10.5. The van der Waals surface area contributed by atoms with Crippen LogP contribution in [0, 0.1) is 0 Å².